The number of hydrogen-bond acceptors (Lipinski definition) is 5. The van der Waals surface area contributed by atoms with Gasteiger partial charge in [0.1, 0.15) is 0 Å². The molecule has 1 heterocycles. The molecule has 2 rings (SSSR count). The maximum Gasteiger partial charge on any atom is 0.292 e. The molecule has 1 amide bonds. The van der Waals surface area contributed by atoms with Crippen LogP contribution in [0.5, 0.6) is 11.5 Å². The Kier molecular flexibility index (Phi) is 6.86. The van der Waals surface area contributed by atoms with Crippen LogP contribution in [0.15, 0.2) is 28.8 Å². The van der Waals surface area contributed by atoms with E-state index >= 15 is 0 Å². The van der Waals surface area contributed by atoms with Crippen molar-refractivity contribution in [3.63, 3.8) is 0 Å². The van der Waals surface area contributed by atoms with Crippen molar-refractivity contribution in [1.82, 2.24) is 10.1 Å². The topological polar surface area (TPSA) is 64.8 Å². The largest absolute Gasteiger partial charge is 0.493 e. The highest BCUT2D eigenvalue weighted by atomic mass is 16.5. The number of carbonyl (C=O) groups excluding carboxylic acids is 1. The molecular weight excluding hydrogens is 320 g/mol. The fraction of sp³-hybridized carbons (Fsp3) is 0.474. The van der Waals surface area contributed by atoms with Crippen LogP contribution in [0.25, 0.3) is 0 Å². The van der Waals surface area contributed by atoms with Crippen LogP contribution in [0.3, 0.4) is 0 Å². The lowest BCUT2D eigenvalue weighted by molar-refractivity contribution is 0.0701. The number of methoxy groups -OCH3 is 1. The van der Waals surface area contributed by atoms with Gasteiger partial charge in [0, 0.05) is 19.2 Å². The van der Waals surface area contributed by atoms with Gasteiger partial charge in [-0.15, -0.1) is 0 Å². The molecule has 1 aromatic carbocycles. The van der Waals surface area contributed by atoms with Crippen molar-refractivity contribution in [3.8, 4) is 11.5 Å². The van der Waals surface area contributed by atoms with Crippen LogP contribution in [-0.4, -0.2) is 36.2 Å². The molecule has 25 heavy (non-hydrogen) atoms. The summed E-state index contributed by atoms with van der Waals surface area (Å²) in [4.78, 5) is 14.4. The number of rotatable bonds is 9. The van der Waals surface area contributed by atoms with E-state index in [4.69, 9.17) is 14.0 Å². The van der Waals surface area contributed by atoms with E-state index in [0.29, 0.717) is 36.9 Å². The smallest absolute Gasteiger partial charge is 0.292 e. The molecule has 0 spiro atoms. The number of ether oxygens (including phenoxy) is 2. The molecule has 0 aliphatic heterocycles. The number of aromatic nitrogens is 1. The molecule has 0 fully saturated rings. The van der Waals surface area contributed by atoms with Crippen LogP contribution in [-0.2, 0) is 6.54 Å². The minimum absolute atomic E-state index is 0.160. The lowest BCUT2D eigenvalue weighted by atomic mass is 10.1. The van der Waals surface area contributed by atoms with E-state index in [2.05, 4.69) is 12.1 Å². The summed E-state index contributed by atoms with van der Waals surface area (Å²) in [5, 5.41) is 3.80. The average Bonchev–Trinajstić information content (AvgIpc) is 3.05. The summed E-state index contributed by atoms with van der Waals surface area (Å²) in [6, 6.07) is 7.41. The molecule has 0 aliphatic carbocycles. The van der Waals surface area contributed by atoms with Gasteiger partial charge >= 0.3 is 0 Å². The summed E-state index contributed by atoms with van der Waals surface area (Å²) in [6.45, 7) is 7.63. The van der Waals surface area contributed by atoms with Gasteiger partial charge in [-0.3, -0.25) is 4.79 Å². The fourth-order valence-electron chi connectivity index (χ4n) is 2.50. The molecule has 6 nitrogen and oxygen atoms in total. The molecule has 0 radical (unpaired) electrons. The molecule has 0 unspecified atom stereocenters. The van der Waals surface area contributed by atoms with Gasteiger partial charge < -0.3 is 18.9 Å². The first-order valence-corrected chi connectivity index (χ1v) is 8.61. The van der Waals surface area contributed by atoms with Gasteiger partial charge in [0.25, 0.3) is 5.91 Å². The second-order valence-electron chi connectivity index (χ2n) is 5.89. The van der Waals surface area contributed by atoms with E-state index in [1.165, 1.54) is 0 Å². The van der Waals surface area contributed by atoms with Crippen molar-refractivity contribution in [2.24, 2.45) is 0 Å². The fourth-order valence-corrected chi connectivity index (χ4v) is 2.50. The van der Waals surface area contributed by atoms with Crippen LogP contribution in [0.2, 0.25) is 0 Å². The van der Waals surface area contributed by atoms with Crippen LogP contribution in [0.1, 0.15) is 48.5 Å². The van der Waals surface area contributed by atoms with Crippen molar-refractivity contribution in [2.45, 2.75) is 40.2 Å². The molecule has 6 heteroatoms. The van der Waals surface area contributed by atoms with E-state index in [-0.39, 0.29) is 11.7 Å². The molecule has 0 saturated carbocycles. The Balaban J connectivity index is 2.17. The zero-order valence-electron chi connectivity index (χ0n) is 15.4. The maximum absolute atomic E-state index is 12.7. The number of amides is 1. The Morgan fingerprint density at radius 1 is 1.20 bits per heavy atom. The highest BCUT2D eigenvalue weighted by Crippen LogP contribution is 2.29. The molecule has 136 valence electrons. The van der Waals surface area contributed by atoms with Gasteiger partial charge in [0.2, 0.25) is 5.76 Å². The molecule has 1 aromatic heterocycles. The van der Waals surface area contributed by atoms with Gasteiger partial charge in [-0.05, 0) is 37.5 Å². The standard InChI is InChI=1S/C19H26N2O4/c1-5-9-21(19(22)18-11-14(3)20-25-18)13-15-7-8-16(24-10-6-2)17(12-15)23-4/h7-8,11-12H,5-6,9-10,13H2,1-4H3. The number of hydrogen-bond donors (Lipinski definition) is 0. The summed E-state index contributed by atoms with van der Waals surface area (Å²) >= 11 is 0. The van der Waals surface area contributed by atoms with Crippen molar-refractivity contribution < 1.29 is 18.8 Å². The van der Waals surface area contributed by atoms with Crippen LogP contribution in [0.4, 0.5) is 0 Å². The molecular formula is C19H26N2O4. The summed E-state index contributed by atoms with van der Waals surface area (Å²) in [5.41, 5.74) is 1.66. The SMILES string of the molecule is CCCOc1ccc(CN(CCC)C(=O)c2cc(C)no2)cc1OC. The molecule has 0 atom stereocenters. The zero-order valence-corrected chi connectivity index (χ0v) is 15.4. The Hall–Kier alpha value is -2.50. The van der Waals surface area contributed by atoms with E-state index in [1.807, 2.05) is 25.1 Å². The summed E-state index contributed by atoms with van der Waals surface area (Å²) in [7, 11) is 1.62. The number of benzene rings is 1. The van der Waals surface area contributed by atoms with Crippen molar-refractivity contribution >= 4 is 5.91 Å². The predicted molar refractivity (Wildman–Crippen MR) is 95.1 cm³/mol. The van der Waals surface area contributed by atoms with Crippen molar-refractivity contribution in [1.29, 1.82) is 0 Å². The Bertz CT molecular complexity index is 696. The zero-order chi connectivity index (χ0) is 18.2. The van der Waals surface area contributed by atoms with Crippen molar-refractivity contribution in [2.75, 3.05) is 20.3 Å². The highest BCUT2D eigenvalue weighted by molar-refractivity contribution is 5.91. The second kappa shape index (κ2) is 9.11. The van der Waals surface area contributed by atoms with Crippen LogP contribution in [0, 0.1) is 6.92 Å². The monoisotopic (exact) mass is 346 g/mol. The van der Waals surface area contributed by atoms with Gasteiger partial charge in [0.05, 0.1) is 19.4 Å². The van der Waals surface area contributed by atoms with Gasteiger partial charge in [-0.25, -0.2) is 0 Å². The number of nitrogens with zero attached hydrogens (tertiary/aromatic N) is 2. The minimum Gasteiger partial charge on any atom is -0.493 e. The predicted octanol–water partition coefficient (Wildman–Crippen LogP) is 3.83. The summed E-state index contributed by atoms with van der Waals surface area (Å²) in [6.07, 6.45) is 1.79. The van der Waals surface area contributed by atoms with Gasteiger partial charge in [-0.1, -0.05) is 25.1 Å². The van der Waals surface area contributed by atoms with E-state index in [1.54, 1.807) is 25.0 Å². The first kappa shape index (κ1) is 18.8. The van der Waals surface area contributed by atoms with E-state index in [0.717, 1.165) is 18.4 Å². The molecule has 0 bridgehead atoms. The van der Waals surface area contributed by atoms with Crippen LogP contribution >= 0.6 is 0 Å². The third-order valence-corrected chi connectivity index (χ3v) is 3.68. The van der Waals surface area contributed by atoms with E-state index < -0.39 is 0 Å². The molecule has 2 aromatic rings. The Labute approximate surface area is 148 Å². The maximum atomic E-state index is 12.7. The number of carbonyl (C=O) groups is 1. The quantitative estimate of drug-likeness (QED) is 0.690. The van der Waals surface area contributed by atoms with E-state index in [9.17, 15) is 4.79 Å². The lowest BCUT2D eigenvalue weighted by Crippen LogP contribution is -2.31. The van der Waals surface area contributed by atoms with Crippen LogP contribution < -0.4 is 9.47 Å². The average molecular weight is 346 g/mol. The first-order chi connectivity index (χ1) is 12.1. The number of aryl methyl sites for hydroxylation is 1. The van der Waals surface area contributed by atoms with Gasteiger partial charge in [-0.2, -0.15) is 0 Å². The van der Waals surface area contributed by atoms with Crippen molar-refractivity contribution in [3.05, 3.63) is 41.3 Å². The summed E-state index contributed by atoms with van der Waals surface area (Å²) < 4.78 is 16.2. The first-order valence-electron chi connectivity index (χ1n) is 8.61. The molecule has 0 N–H and O–H groups in total. The minimum atomic E-state index is -0.160. The highest BCUT2D eigenvalue weighted by Gasteiger charge is 2.20. The van der Waals surface area contributed by atoms with Gasteiger partial charge in [0.15, 0.2) is 11.5 Å². The Morgan fingerprint density at radius 3 is 2.60 bits per heavy atom. The normalized spacial score (nSPS) is 10.6. The molecule has 0 aliphatic rings. The Morgan fingerprint density at radius 2 is 2.00 bits per heavy atom. The second-order valence-corrected chi connectivity index (χ2v) is 5.89. The lowest BCUT2D eigenvalue weighted by Gasteiger charge is -2.21. The summed E-state index contributed by atoms with van der Waals surface area (Å²) in [5.74, 6) is 1.49. The molecule has 0 saturated heterocycles. The third kappa shape index (κ3) is 4.98. The third-order valence-electron chi connectivity index (χ3n) is 3.68.